The van der Waals surface area contributed by atoms with Gasteiger partial charge >= 0.3 is 0 Å². The van der Waals surface area contributed by atoms with Gasteiger partial charge in [-0.05, 0) is 61.9 Å². The predicted octanol–water partition coefficient (Wildman–Crippen LogP) is 2.60. The summed E-state index contributed by atoms with van der Waals surface area (Å²) in [6.07, 6.45) is 1.18. The summed E-state index contributed by atoms with van der Waals surface area (Å²) in [6.45, 7) is 5.37. The minimum Gasteiger partial charge on any atom is -0.391 e. The summed E-state index contributed by atoms with van der Waals surface area (Å²) in [5, 5.41) is 24.1. The molecule has 0 fully saturated rings. The van der Waals surface area contributed by atoms with Crippen LogP contribution in [0.3, 0.4) is 0 Å². The van der Waals surface area contributed by atoms with Crippen molar-refractivity contribution in [3.63, 3.8) is 0 Å². The fraction of sp³-hybridized carbons (Fsp3) is 0.360. The number of benzene rings is 2. The molecule has 2 aromatic carbocycles. The highest BCUT2D eigenvalue weighted by atomic mass is 16.5. The highest BCUT2D eigenvalue weighted by molar-refractivity contribution is 5.97. The molecular weight excluding hydrogens is 406 g/mol. The summed E-state index contributed by atoms with van der Waals surface area (Å²) in [7, 11) is 0. The van der Waals surface area contributed by atoms with Crippen LogP contribution < -0.4 is 16.1 Å². The molecule has 7 nitrogen and oxygen atoms in total. The van der Waals surface area contributed by atoms with Gasteiger partial charge < -0.3 is 15.7 Å². The van der Waals surface area contributed by atoms with Crippen molar-refractivity contribution in [1.82, 2.24) is 16.1 Å². The highest BCUT2D eigenvalue weighted by Crippen LogP contribution is 2.07. The van der Waals surface area contributed by atoms with E-state index in [-0.39, 0.29) is 7.43 Å². The standard InChI is InChI=1S/C24H29N3O4.CH4/c1-3-4-15-25-16-20-9-7-18(8-10-20)5-6-19-11-13-21(14-12-19)23(29)26-22(17(2)28)24(30)27-31;/h7-14,17,22,25,28,31H,3-4,15-16H2,1-2H3,(H,26,29)(H,27,30);1H4/t17-,22+;/m1./s1. The van der Waals surface area contributed by atoms with Crippen molar-refractivity contribution in [2.45, 2.75) is 52.8 Å². The van der Waals surface area contributed by atoms with Gasteiger partial charge in [0.25, 0.3) is 11.8 Å². The molecule has 0 aliphatic carbocycles. The van der Waals surface area contributed by atoms with E-state index in [1.54, 1.807) is 24.3 Å². The first-order valence-electron chi connectivity index (χ1n) is 10.3. The van der Waals surface area contributed by atoms with E-state index >= 15 is 0 Å². The van der Waals surface area contributed by atoms with Crippen molar-refractivity contribution in [3.8, 4) is 11.8 Å². The summed E-state index contributed by atoms with van der Waals surface area (Å²) in [6, 6.07) is 13.4. The van der Waals surface area contributed by atoms with E-state index in [0.717, 1.165) is 24.2 Å². The zero-order valence-electron chi connectivity index (χ0n) is 17.8. The molecule has 2 aromatic rings. The van der Waals surface area contributed by atoms with Crippen molar-refractivity contribution in [2.75, 3.05) is 6.54 Å². The number of rotatable bonds is 9. The lowest BCUT2D eigenvalue weighted by atomic mass is 10.1. The number of hydrogen-bond donors (Lipinski definition) is 5. The van der Waals surface area contributed by atoms with Crippen LogP contribution in [0.4, 0.5) is 0 Å². The van der Waals surface area contributed by atoms with E-state index in [2.05, 4.69) is 41.5 Å². The molecule has 0 aliphatic rings. The van der Waals surface area contributed by atoms with Gasteiger partial charge in [-0.3, -0.25) is 14.8 Å². The summed E-state index contributed by atoms with van der Waals surface area (Å²) in [5.74, 6) is 4.72. The Hall–Kier alpha value is -3.18. The Labute approximate surface area is 190 Å². The van der Waals surface area contributed by atoms with Gasteiger partial charge in [-0.15, -0.1) is 0 Å². The lowest BCUT2D eigenvalue weighted by Crippen LogP contribution is -2.51. The van der Waals surface area contributed by atoms with Gasteiger partial charge in [0.2, 0.25) is 0 Å². The SMILES string of the molecule is C.CCCCNCc1ccc(C#Cc2ccc(C(=O)N[C@H](C(=O)NO)[C@@H](C)O)cc2)cc1. The second-order valence-corrected chi connectivity index (χ2v) is 7.22. The molecule has 32 heavy (non-hydrogen) atoms. The first kappa shape index (κ1) is 26.9. The largest absolute Gasteiger partial charge is 0.391 e. The fourth-order valence-electron chi connectivity index (χ4n) is 2.79. The third kappa shape index (κ3) is 8.52. The zero-order chi connectivity index (χ0) is 22.6. The molecule has 0 unspecified atom stereocenters. The maximum atomic E-state index is 12.3. The number of amides is 2. The summed E-state index contributed by atoms with van der Waals surface area (Å²) in [5.41, 5.74) is 4.58. The van der Waals surface area contributed by atoms with E-state index in [0.29, 0.717) is 5.56 Å². The topological polar surface area (TPSA) is 111 Å². The predicted molar refractivity (Wildman–Crippen MR) is 125 cm³/mol. The minimum atomic E-state index is -1.26. The minimum absolute atomic E-state index is 0. The number of hydrogen-bond acceptors (Lipinski definition) is 5. The van der Waals surface area contributed by atoms with Crippen LogP contribution in [0, 0.1) is 11.8 Å². The van der Waals surface area contributed by atoms with E-state index in [9.17, 15) is 14.7 Å². The molecule has 172 valence electrons. The number of unbranched alkanes of at least 4 members (excludes halogenated alkanes) is 1. The number of aliphatic hydroxyl groups is 1. The Morgan fingerprint density at radius 3 is 2.06 bits per heavy atom. The Morgan fingerprint density at radius 2 is 1.56 bits per heavy atom. The van der Waals surface area contributed by atoms with Crippen LogP contribution in [0.25, 0.3) is 0 Å². The van der Waals surface area contributed by atoms with Gasteiger partial charge in [-0.2, -0.15) is 0 Å². The van der Waals surface area contributed by atoms with Crippen molar-refractivity contribution >= 4 is 11.8 Å². The quantitative estimate of drug-likeness (QED) is 0.179. The Kier molecular flexibility index (Phi) is 11.7. The molecule has 0 saturated carbocycles. The molecule has 5 N–H and O–H groups in total. The fourth-order valence-corrected chi connectivity index (χ4v) is 2.79. The average molecular weight is 440 g/mol. The molecule has 2 rings (SSSR count). The van der Waals surface area contributed by atoms with Crippen molar-refractivity contribution < 1.29 is 19.9 Å². The molecule has 0 radical (unpaired) electrons. The van der Waals surface area contributed by atoms with Gasteiger partial charge in [0, 0.05) is 23.2 Å². The Morgan fingerprint density at radius 1 is 1.00 bits per heavy atom. The van der Waals surface area contributed by atoms with Gasteiger partial charge in [-0.1, -0.05) is 44.7 Å². The normalized spacial score (nSPS) is 11.9. The van der Waals surface area contributed by atoms with E-state index < -0.39 is 24.0 Å². The van der Waals surface area contributed by atoms with Crippen LogP contribution >= 0.6 is 0 Å². The number of carbonyl (C=O) groups excluding carboxylic acids is 2. The van der Waals surface area contributed by atoms with Gasteiger partial charge in [-0.25, -0.2) is 5.48 Å². The first-order valence-corrected chi connectivity index (χ1v) is 10.3. The van der Waals surface area contributed by atoms with Gasteiger partial charge in [0.05, 0.1) is 6.10 Å². The van der Waals surface area contributed by atoms with E-state index in [4.69, 9.17) is 5.21 Å². The molecule has 0 saturated heterocycles. The number of hydroxylamine groups is 1. The van der Waals surface area contributed by atoms with Crippen LogP contribution in [-0.2, 0) is 11.3 Å². The Balaban J connectivity index is 0.00000512. The second-order valence-electron chi connectivity index (χ2n) is 7.22. The number of carbonyl (C=O) groups is 2. The summed E-state index contributed by atoms with van der Waals surface area (Å²) >= 11 is 0. The third-order valence-electron chi connectivity index (χ3n) is 4.65. The van der Waals surface area contributed by atoms with Crippen LogP contribution in [0.1, 0.15) is 61.2 Å². The molecule has 7 heteroatoms. The van der Waals surface area contributed by atoms with Crippen molar-refractivity contribution in [3.05, 3.63) is 70.8 Å². The van der Waals surface area contributed by atoms with Crippen molar-refractivity contribution in [2.24, 2.45) is 0 Å². The Bertz CT molecular complexity index is 913. The molecule has 0 bridgehead atoms. The molecule has 0 aromatic heterocycles. The third-order valence-corrected chi connectivity index (χ3v) is 4.65. The molecule has 0 spiro atoms. The number of nitrogens with one attached hydrogen (secondary N) is 3. The van der Waals surface area contributed by atoms with Gasteiger partial charge in [0.1, 0.15) is 6.04 Å². The summed E-state index contributed by atoms with van der Waals surface area (Å²) in [4.78, 5) is 23.8. The zero-order valence-corrected chi connectivity index (χ0v) is 17.8. The van der Waals surface area contributed by atoms with Crippen LogP contribution in [-0.4, -0.2) is 40.8 Å². The van der Waals surface area contributed by atoms with Crippen LogP contribution in [0.15, 0.2) is 48.5 Å². The van der Waals surface area contributed by atoms with Crippen LogP contribution in [0.5, 0.6) is 0 Å². The maximum absolute atomic E-state index is 12.3. The molecule has 0 aliphatic heterocycles. The second kappa shape index (κ2) is 14.0. The summed E-state index contributed by atoms with van der Waals surface area (Å²) < 4.78 is 0. The lowest BCUT2D eigenvalue weighted by molar-refractivity contribution is -0.133. The molecule has 2 amide bonds. The first-order chi connectivity index (χ1) is 14.9. The average Bonchev–Trinajstić information content (AvgIpc) is 2.79. The van der Waals surface area contributed by atoms with E-state index in [1.807, 2.05) is 12.1 Å². The monoisotopic (exact) mass is 439 g/mol. The van der Waals surface area contributed by atoms with Gasteiger partial charge in [0.15, 0.2) is 0 Å². The van der Waals surface area contributed by atoms with E-state index in [1.165, 1.54) is 30.8 Å². The maximum Gasteiger partial charge on any atom is 0.268 e. The van der Waals surface area contributed by atoms with Crippen LogP contribution in [0.2, 0.25) is 0 Å². The number of aliphatic hydroxyl groups excluding tert-OH is 1. The van der Waals surface area contributed by atoms with Crippen molar-refractivity contribution in [1.29, 1.82) is 0 Å². The molecule has 2 atom stereocenters. The molecule has 0 heterocycles. The lowest BCUT2D eigenvalue weighted by Gasteiger charge is -2.19. The molecular formula is C25H33N3O4. The smallest absolute Gasteiger partial charge is 0.268 e. The highest BCUT2D eigenvalue weighted by Gasteiger charge is 2.25.